The molecule has 1 aromatic heterocycles. The van der Waals surface area contributed by atoms with Crippen LogP contribution >= 0.6 is 0 Å². The van der Waals surface area contributed by atoms with Crippen molar-refractivity contribution in [3.8, 4) is 0 Å². The van der Waals surface area contributed by atoms with E-state index in [1.807, 2.05) is 6.07 Å². The van der Waals surface area contributed by atoms with Crippen molar-refractivity contribution in [3.63, 3.8) is 0 Å². The van der Waals surface area contributed by atoms with E-state index in [0.29, 0.717) is 19.0 Å². The number of likely N-dealkylation sites (tertiary alicyclic amines) is 1. The first-order chi connectivity index (χ1) is 10.6. The molecule has 1 fully saturated rings. The number of rotatable bonds is 8. The molecule has 1 aliphatic heterocycles. The van der Waals surface area contributed by atoms with Gasteiger partial charge in [0.1, 0.15) is 0 Å². The third-order valence-corrected chi connectivity index (χ3v) is 4.26. The maximum absolute atomic E-state index is 11.9. The highest BCUT2D eigenvalue weighted by atomic mass is 16.5. The maximum atomic E-state index is 11.9. The number of hydrogen-bond donors (Lipinski definition) is 1. The summed E-state index contributed by atoms with van der Waals surface area (Å²) < 4.78 is 5.21. The molecular weight excluding hydrogens is 280 g/mol. The fourth-order valence-corrected chi connectivity index (χ4v) is 2.82. The van der Waals surface area contributed by atoms with Gasteiger partial charge in [-0.05, 0) is 33.5 Å². The minimum absolute atomic E-state index is 0.0617. The lowest BCUT2D eigenvalue weighted by molar-refractivity contribution is -0.121. The lowest BCUT2D eigenvalue weighted by Crippen LogP contribution is -2.36. The molecule has 0 spiro atoms. The van der Waals surface area contributed by atoms with Crippen molar-refractivity contribution >= 4 is 5.91 Å². The van der Waals surface area contributed by atoms with Gasteiger partial charge in [0.05, 0.1) is 12.2 Å². The first-order valence-electron chi connectivity index (χ1n) is 8.18. The van der Waals surface area contributed by atoms with Gasteiger partial charge >= 0.3 is 0 Å². The van der Waals surface area contributed by atoms with Crippen molar-refractivity contribution in [1.29, 1.82) is 0 Å². The van der Waals surface area contributed by atoms with Crippen LogP contribution in [-0.2, 0) is 17.8 Å². The van der Waals surface area contributed by atoms with Gasteiger partial charge < -0.3 is 19.6 Å². The molecular formula is C16H28N4O2. The van der Waals surface area contributed by atoms with E-state index in [9.17, 15) is 4.79 Å². The van der Waals surface area contributed by atoms with E-state index in [0.717, 1.165) is 43.9 Å². The van der Waals surface area contributed by atoms with Gasteiger partial charge in [-0.25, -0.2) is 0 Å². The molecule has 0 saturated carbocycles. The predicted octanol–water partition coefficient (Wildman–Crippen LogP) is 1.27. The zero-order chi connectivity index (χ0) is 15.9. The van der Waals surface area contributed by atoms with Crippen molar-refractivity contribution in [3.05, 3.63) is 17.5 Å². The lowest BCUT2D eigenvalue weighted by Gasteiger charge is -2.23. The normalized spacial score (nSPS) is 19.0. The van der Waals surface area contributed by atoms with Crippen LogP contribution in [0.3, 0.4) is 0 Å². The van der Waals surface area contributed by atoms with E-state index in [1.165, 1.54) is 6.42 Å². The summed E-state index contributed by atoms with van der Waals surface area (Å²) >= 11 is 0. The van der Waals surface area contributed by atoms with Crippen molar-refractivity contribution in [1.82, 2.24) is 20.3 Å². The van der Waals surface area contributed by atoms with E-state index >= 15 is 0 Å². The highest BCUT2D eigenvalue weighted by Crippen LogP contribution is 2.12. The van der Waals surface area contributed by atoms with Crippen LogP contribution in [0.1, 0.15) is 37.6 Å². The van der Waals surface area contributed by atoms with Crippen LogP contribution in [-0.4, -0.2) is 60.6 Å². The van der Waals surface area contributed by atoms with Gasteiger partial charge in [0.25, 0.3) is 0 Å². The average Bonchev–Trinajstić information content (AvgIpc) is 3.12. The van der Waals surface area contributed by atoms with Crippen LogP contribution in [0.2, 0.25) is 0 Å². The molecule has 1 aromatic rings. The molecule has 1 N–H and O–H groups in total. The van der Waals surface area contributed by atoms with Crippen LogP contribution in [0, 0.1) is 0 Å². The number of aromatic nitrogens is 1. The molecule has 2 heterocycles. The largest absolute Gasteiger partial charge is 0.359 e. The van der Waals surface area contributed by atoms with Crippen LogP contribution in [0.25, 0.3) is 0 Å². The number of carbonyl (C=O) groups excluding carboxylic acids is 1. The maximum Gasteiger partial charge on any atom is 0.221 e. The number of amides is 1. The second-order valence-electron chi connectivity index (χ2n) is 6.25. The minimum atomic E-state index is 0.0617. The highest BCUT2D eigenvalue weighted by molar-refractivity contribution is 5.75. The van der Waals surface area contributed by atoms with Gasteiger partial charge in [0.15, 0.2) is 5.76 Å². The Balaban J connectivity index is 1.64. The highest BCUT2D eigenvalue weighted by Gasteiger charge is 2.23. The van der Waals surface area contributed by atoms with Crippen molar-refractivity contribution in [2.75, 3.05) is 33.7 Å². The fourth-order valence-electron chi connectivity index (χ4n) is 2.82. The molecule has 0 aromatic carbocycles. The van der Waals surface area contributed by atoms with Crippen LogP contribution in [0.5, 0.6) is 0 Å². The Kier molecular flexibility index (Phi) is 6.39. The quantitative estimate of drug-likeness (QED) is 0.783. The Bertz CT molecular complexity index is 474. The summed E-state index contributed by atoms with van der Waals surface area (Å²) in [6, 6.07) is 2.49. The molecule has 0 bridgehead atoms. The Labute approximate surface area is 132 Å². The molecule has 1 saturated heterocycles. The summed E-state index contributed by atoms with van der Waals surface area (Å²) in [4.78, 5) is 16.5. The Morgan fingerprint density at radius 3 is 3.09 bits per heavy atom. The number of likely N-dealkylation sites (N-methyl/N-ethyl adjacent to an activating group) is 2. The first-order valence-corrected chi connectivity index (χ1v) is 8.18. The van der Waals surface area contributed by atoms with Crippen LogP contribution < -0.4 is 5.32 Å². The number of carbonyl (C=O) groups is 1. The first kappa shape index (κ1) is 17.0. The fraction of sp³-hybridized carbons (Fsp3) is 0.750. The van der Waals surface area contributed by atoms with E-state index < -0.39 is 0 Å². The molecule has 6 heteroatoms. The summed E-state index contributed by atoms with van der Waals surface area (Å²) in [5, 5.41) is 6.88. The topological polar surface area (TPSA) is 61.6 Å². The Morgan fingerprint density at radius 2 is 2.41 bits per heavy atom. The summed E-state index contributed by atoms with van der Waals surface area (Å²) in [6.45, 7) is 5.56. The van der Waals surface area contributed by atoms with Gasteiger partial charge in [-0.1, -0.05) is 18.5 Å². The minimum Gasteiger partial charge on any atom is -0.359 e. The van der Waals surface area contributed by atoms with E-state index in [1.54, 1.807) is 0 Å². The third-order valence-electron chi connectivity index (χ3n) is 4.26. The molecule has 1 atom stereocenters. The van der Waals surface area contributed by atoms with Gasteiger partial charge in [0, 0.05) is 31.6 Å². The molecule has 1 aliphatic rings. The van der Waals surface area contributed by atoms with Crippen LogP contribution in [0.15, 0.2) is 10.6 Å². The van der Waals surface area contributed by atoms with Gasteiger partial charge in [-0.3, -0.25) is 4.79 Å². The number of hydrogen-bond acceptors (Lipinski definition) is 5. The molecule has 6 nitrogen and oxygen atoms in total. The van der Waals surface area contributed by atoms with Gasteiger partial charge in [0.2, 0.25) is 5.91 Å². The second kappa shape index (κ2) is 8.29. The Morgan fingerprint density at radius 1 is 1.59 bits per heavy atom. The lowest BCUT2D eigenvalue weighted by atomic mass is 10.2. The zero-order valence-corrected chi connectivity index (χ0v) is 14.0. The third kappa shape index (κ3) is 5.10. The number of aryl methyl sites for hydroxylation is 1. The summed E-state index contributed by atoms with van der Waals surface area (Å²) in [5.74, 6) is 0.786. The molecule has 0 unspecified atom stereocenters. The monoisotopic (exact) mass is 308 g/mol. The number of nitrogens with one attached hydrogen (secondary N) is 1. The molecule has 2 rings (SSSR count). The summed E-state index contributed by atoms with van der Waals surface area (Å²) in [5.41, 5.74) is 0.955. The van der Waals surface area contributed by atoms with Crippen molar-refractivity contribution in [2.24, 2.45) is 0 Å². The summed E-state index contributed by atoms with van der Waals surface area (Å²) in [7, 11) is 4.25. The Hall–Kier alpha value is -1.40. The van der Waals surface area contributed by atoms with E-state index in [2.05, 4.69) is 41.3 Å². The predicted molar refractivity (Wildman–Crippen MR) is 85.5 cm³/mol. The molecule has 22 heavy (non-hydrogen) atoms. The van der Waals surface area contributed by atoms with Crippen molar-refractivity contribution in [2.45, 2.75) is 45.2 Å². The molecule has 0 radical (unpaired) electrons. The second-order valence-corrected chi connectivity index (χ2v) is 6.25. The zero-order valence-electron chi connectivity index (χ0n) is 14.0. The number of nitrogens with zero attached hydrogens (tertiary/aromatic N) is 3. The van der Waals surface area contributed by atoms with E-state index in [-0.39, 0.29) is 5.91 Å². The summed E-state index contributed by atoms with van der Waals surface area (Å²) in [6.07, 6.45) is 3.67. The van der Waals surface area contributed by atoms with E-state index in [4.69, 9.17) is 4.52 Å². The average molecular weight is 308 g/mol. The molecule has 0 aliphatic carbocycles. The molecule has 124 valence electrons. The van der Waals surface area contributed by atoms with Crippen LogP contribution in [0.4, 0.5) is 0 Å². The van der Waals surface area contributed by atoms with Gasteiger partial charge in [-0.15, -0.1) is 0 Å². The molecule has 1 amide bonds. The van der Waals surface area contributed by atoms with Crippen molar-refractivity contribution < 1.29 is 9.32 Å². The standard InChI is InChI=1S/C16H28N4O2/c1-4-5-13-10-15(22-18-13)11-17-16(21)7-9-20(3)14-6-8-19(2)12-14/h10,14H,4-9,11-12H2,1-3H3,(H,17,21)/t14-/m0/s1. The SMILES string of the molecule is CCCc1cc(CNC(=O)CCN(C)[C@H]2CCN(C)C2)on1. The van der Waals surface area contributed by atoms with Gasteiger partial charge in [-0.2, -0.15) is 0 Å². The smallest absolute Gasteiger partial charge is 0.221 e.